The molecule has 0 spiro atoms. The molecule has 0 radical (unpaired) electrons. The average molecular weight is 220 g/mol. The SMILES string of the molecule is COc1ccccc1C1(C)CN(C)CCN1. The Morgan fingerprint density at radius 3 is 2.81 bits per heavy atom. The number of piperazine rings is 1. The molecule has 1 aliphatic rings. The van der Waals surface area contributed by atoms with Crippen molar-refractivity contribution in [3.8, 4) is 5.75 Å². The third-order valence-electron chi connectivity index (χ3n) is 3.30. The van der Waals surface area contributed by atoms with Crippen LogP contribution in [0.2, 0.25) is 0 Å². The van der Waals surface area contributed by atoms with Gasteiger partial charge in [-0.25, -0.2) is 0 Å². The molecule has 1 saturated heterocycles. The number of nitrogens with zero attached hydrogens (tertiary/aromatic N) is 1. The molecule has 1 atom stereocenters. The number of nitrogens with one attached hydrogen (secondary N) is 1. The van der Waals surface area contributed by atoms with Crippen LogP contribution in [0.15, 0.2) is 24.3 Å². The van der Waals surface area contributed by atoms with Crippen LogP contribution >= 0.6 is 0 Å². The Balaban J connectivity index is 2.34. The molecule has 0 saturated carbocycles. The summed E-state index contributed by atoms with van der Waals surface area (Å²) in [6, 6.07) is 8.25. The second kappa shape index (κ2) is 4.44. The Morgan fingerprint density at radius 1 is 1.38 bits per heavy atom. The van der Waals surface area contributed by atoms with Crippen molar-refractivity contribution in [2.75, 3.05) is 33.8 Å². The zero-order valence-electron chi connectivity index (χ0n) is 10.3. The molecule has 1 aliphatic heterocycles. The maximum absolute atomic E-state index is 5.44. The van der Waals surface area contributed by atoms with Gasteiger partial charge in [0.05, 0.1) is 12.6 Å². The van der Waals surface area contributed by atoms with Crippen LogP contribution in [-0.2, 0) is 5.54 Å². The van der Waals surface area contributed by atoms with Crippen LogP contribution in [0.5, 0.6) is 5.75 Å². The molecule has 1 unspecified atom stereocenters. The van der Waals surface area contributed by atoms with Crippen molar-refractivity contribution in [1.82, 2.24) is 10.2 Å². The normalized spacial score (nSPS) is 26.7. The first-order chi connectivity index (χ1) is 7.65. The first-order valence-electron chi connectivity index (χ1n) is 5.73. The van der Waals surface area contributed by atoms with E-state index in [0.717, 1.165) is 25.4 Å². The summed E-state index contributed by atoms with van der Waals surface area (Å²) in [5, 5.41) is 3.60. The van der Waals surface area contributed by atoms with Crippen LogP contribution in [0.25, 0.3) is 0 Å². The molecule has 1 aromatic rings. The second-order valence-electron chi connectivity index (χ2n) is 4.70. The number of hydrogen-bond acceptors (Lipinski definition) is 3. The summed E-state index contributed by atoms with van der Waals surface area (Å²) in [6.45, 7) is 5.36. The number of hydrogen-bond donors (Lipinski definition) is 1. The topological polar surface area (TPSA) is 24.5 Å². The van der Waals surface area contributed by atoms with Crippen molar-refractivity contribution in [1.29, 1.82) is 0 Å². The fraction of sp³-hybridized carbons (Fsp3) is 0.538. The molecule has 88 valence electrons. The minimum absolute atomic E-state index is 0.0143. The molecule has 2 rings (SSSR count). The molecular weight excluding hydrogens is 200 g/mol. The summed E-state index contributed by atoms with van der Waals surface area (Å²) in [6.07, 6.45) is 0. The third kappa shape index (κ3) is 2.06. The Morgan fingerprint density at radius 2 is 2.12 bits per heavy atom. The predicted molar refractivity (Wildman–Crippen MR) is 65.8 cm³/mol. The highest BCUT2D eigenvalue weighted by Crippen LogP contribution is 2.31. The number of methoxy groups -OCH3 is 1. The van der Waals surface area contributed by atoms with Gasteiger partial charge in [-0.2, -0.15) is 0 Å². The Hall–Kier alpha value is -1.06. The standard InChI is InChI=1S/C13H20N2O/c1-13(10-15(2)9-8-14-13)11-6-4-5-7-12(11)16-3/h4-7,14H,8-10H2,1-3H3. The number of ether oxygens (including phenoxy) is 1. The van der Waals surface area contributed by atoms with Gasteiger partial charge in [0.25, 0.3) is 0 Å². The molecule has 0 aliphatic carbocycles. The van der Waals surface area contributed by atoms with Gasteiger partial charge in [-0.15, -0.1) is 0 Å². The van der Waals surface area contributed by atoms with E-state index in [4.69, 9.17) is 4.74 Å². The lowest BCUT2D eigenvalue weighted by molar-refractivity contribution is 0.168. The largest absolute Gasteiger partial charge is 0.496 e. The lowest BCUT2D eigenvalue weighted by Gasteiger charge is -2.40. The molecule has 0 aromatic heterocycles. The van der Waals surface area contributed by atoms with E-state index in [-0.39, 0.29) is 5.54 Å². The predicted octanol–water partition coefficient (Wildman–Crippen LogP) is 1.45. The van der Waals surface area contributed by atoms with E-state index >= 15 is 0 Å². The summed E-state index contributed by atoms with van der Waals surface area (Å²) in [7, 11) is 3.89. The van der Waals surface area contributed by atoms with Gasteiger partial charge < -0.3 is 15.0 Å². The van der Waals surface area contributed by atoms with E-state index in [2.05, 4.69) is 36.3 Å². The maximum atomic E-state index is 5.44. The van der Waals surface area contributed by atoms with Gasteiger partial charge >= 0.3 is 0 Å². The Labute approximate surface area is 97.4 Å². The van der Waals surface area contributed by atoms with E-state index in [9.17, 15) is 0 Å². The highest BCUT2D eigenvalue weighted by atomic mass is 16.5. The molecular formula is C13H20N2O. The summed E-state index contributed by atoms with van der Waals surface area (Å²) in [5.41, 5.74) is 1.23. The van der Waals surface area contributed by atoms with Gasteiger partial charge in [0.2, 0.25) is 0 Å². The zero-order chi connectivity index (χ0) is 11.6. The summed E-state index contributed by atoms with van der Waals surface area (Å²) >= 11 is 0. The van der Waals surface area contributed by atoms with Gasteiger partial charge in [-0.1, -0.05) is 18.2 Å². The van der Waals surface area contributed by atoms with E-state index in [1.807, 2.05) is 12.1 Å². The van der Waals surface area contributed by atoms with Gasteiger partial charge in [-0.3, -0.25) is 0 Å². The van der Waals surface area contributed by atoms with E-state index in [0.29, 0.717) is 0 Å². The molecule has 1 aromatic carbocycles. The number of likely N-dealkylation sites (N-methyl/N-ethyl adjacent to an activating group) is 1. The first kappa shape index (κ1) is 11.4. The van der Waals surface area contributed by atoms with Crippen LogP contribution in [0.3, 0.4) is 0 Å². The quantitative estimate of drug-likeness (QED) is 0.816. The smallest absolute Gasteiger partial charge is 0.123 e. The van der Waals surface area contributed by atoms with Crippen LogP contribution in [0.1, 0.15) is 12.5 Å². The first-order valence-corrected chi connectivity index (χ1v) is 5.73. The molecule has 3 heteroatoms. The zero-order valence-corrected chi connectivity index (χ0v) is 10.3. The number of benzene rings is 1. The van der Waals surface area contributed by atoms with E-state index in [1.165, 1.54) is 5.56 Å². The van der Waals surface area contributed by atoms with Crippen LogP contribution in [0, 0.1) is 0 Å². The van der Waals surface area contributed by atoms with Crippen molar-refractivity contribution in [2.24, 2.45) is 0 Å². The van der Waals surface area contributed by atoms with Crippen LogP contribution in [-0.4, -0.2) is 38.7 Å². The molecule has 1 fully saturated rings. The summed E-state index contributed by atoms with van der Waals surface area (Å²) < 4.78 is 5.44. The average Bonchev–Trinajstić information content (AvgIpc) is 2.29. The van der Waals surface area contributed by atoms with Gasteiger partial charge in [0.1, 0.15) is 5.75 Å². The molecule has 3 nitrogen and oxygen atoms in total. The van der Waals surface area contributed by atoms with E-state index in [1.54, 1.807) is 7.11 Å². The monoisotopic (exact) mass is 220 g/mol. The van der Waals surface area contributed by atoms with Crippen LogP contribution < -0.4 is 10.1 Å². The Bertz CT molecular complexity index is 367. The maximum Gasteiger partial charge on any atom is 0.123 e. The third-order valence-corrected chi connectivity index (χ3v) is 3.30. The molecule has 0 bridgehead atoms. The van der Waals surface area contributed by atoms with Crippen LogP contribution in [0.4, 0.5) is 0 Å². The van der Waals surface area contributed by atoms with Gasteiger partial charge in [0, 0.05) is 25.2 Å². The van der Waals surface area contributed by atoms with Crippen molar-refractivity contribution in [3.05, 3.63) is 29.8 Å². The lowest BCUT2D eigenvalue weighted by atomic mass is 9.89. The lowest BCUT2D eigenvalue weighted by Crippen LogP contribution is -2.55. The van der Waals surface area contributed by atoms with Crippen molar-refractivity contribution in [3.63, 3.8) is 0 Å². The van der Waals surface area contributed by atoms with Crippen molar-refractivity contribution >= 4 is 0 Å². The molecule has 1 N–H and O–H groups in total. The molecule has 16 heavy (non-hydrogen) atoms. The number of para-hydroxylation sites is 1. The van der Waals surface area contributed by atoms with E-state index < -0.39 is 0 Å². The second-order valence-corrected chi connectivity index (χ2v) is 4.70. The summed E-state index contributed by atoms with van der Waals surface area (Å²) in [5.74, 6) is 0.966. The fourth-order valence-electron chi connectivity index (χ4n) is 2.48. The Kier molecular flexibility index (Phi) is 3.17. The molecule has 0 amide bonds. The highest BCUT2D eigenvalue weighted by molar-refractivity contribution is 5.39. The van der Waals surface area contributed by atoms with Gasteiger partial charge in [0.15, 0.2) is 0 Å². The molecule has 1 heterocycles. The minimum atomic E-state index is -0.0143. The van der Waals surface area contributed by atoms with Crippen molar-refractivity contribution in [2.45, 2.75) is 12.5 Å². The number of rotatable bonds is 2. The minimum Gasteiger partial charge on any atom is -0.496 e. The summed E-state index contributed by atoms with van der Waals surface area (Å²) in [4.78, 5) is 2.35. The highest BCUT2D eigenvalue weighted by Gasteiger charge is 2.32. The van der Waals surface area contributed by atoms with Gasteiger partial charge in [-0.05, 0) is 20.0 Å². The fourth-order valence-corrected chi connectivity index (χ4v) is 2.48. The van der Waals surface area contributed by atoms with Crippen molar-refractivity contribution < 1.29 is 4.74 Å².